The minimum absolute atomic E-state index is 0.147. The number of benzene rings is 2. The first-order valence-electron chi connectivity index (χ1n) is 9.27. The predicted molar refractivity (Wildman–Crippen MR) is 115 cm³/mol. The highest BCUT2D eigenvalue weighted by Crippen LogP contribution is 2.21. The normalized spacial score (nSPS) is 14.9. The van der Waals surface area contributed by atoms with Crippen molar-refractivity contribution in [1.29, 1.82) is 0 Å². The van der Waals surface area contributed by atoms with Gasteiger partial charge in [-0.25, -0.2) is 8.42 Å². The molecule has 1 heterocycles. The van der Waals surface area contributed by atoms with Gasteiger partial charge in [0.2, 0.25) is 15.9 Å². The Hall–Kier alpha value is -2.43. The molecular formula is C20H22BrN3O5S. The van der Waals surface area contributed by atoms with Crippen LogP contribution in [0.15, 0.2) is 57.9 Å². The van der Waals surface area contributed by atoms with Crippen LogP contribution in [0.1, 0.15) is 10.4 Å². The molecule has 2 aromatic carbocycles. The van der Waals surface area contributed by atoms with Gasteiger partial charge >= 0.3 is 0 Å². The zero-order valence-electron chi connectivity index (χ0n) is 16.4. The molecule has 2 amide bonds. The van der Waals surface area contributed by atoms with Gasteiger partial charge in [0.25, 0.3) is 5.91 Å². The van der Waals surface area contributed by atoms with E-state index in [-0.39, 0.29) is 49.4 Å². The lowest BCUT2D eigenvalue weighted by atomic mass is 10.2. The van der Waals surface area contributed by atoms with Gasteiger partial charge in [-0.1, -0.05) is 12.1 Å². The highest BCUT2D eigenvalue weighted by molar-refractivity contribution is 9.10. The summed E-state index contributed by atoms with van der Waals surface area (Å²) in [4.78, 5) is 26.4. The van der Waals surface area contributed by atoms with Crippen molar-refractivity contribution >= 4 is 37.8 Å². The van der Waals surface area contributed by atoms with Crippen LogP contribution in [-0.4, -0.2) is 69.3 Å². The fraction of sp³-hybridized carbons (Fsp3) is 0.300. The number of nitrogens with one attached hydrogen (secondary N) is 1. The van der Waals surface area contributed by atoms with Crippen molar-refractivity contribution < 1.29 is 22.7 Å². The van der Waals surface area contributed by atoms with Crippen LogP contribution in [0, 0.1) is 0 Å². The first-order valence-corrected chi connectivity index (χ1v) is 11.5. The van der Waals surface area contributed by atoms with Crippen LogP contribution in [0.2, 0.25) is 0 Å². The third kappa shape index (κ3) is 5.00. The second-order valence-corrected chi connectivity index (χ2v) is 9.42. The van der Waals surface area contributed by atoms with Crippen molar-refractivity contribution in [3.05, 3.63) is 58.6 Å². The molecule has 0 spiro atoms. The minimum atomic E-state index is -3.64. The number of rotatable bonds is 6. The molecule has 1 saturated heterocycles. The number of amides is 2. The Balaban J connectivity index is 1.53. The number of hydrogen-bond donors (Lipinski definition) is 1. The van der Waals surface area contributed by atoms with Crippen molar-refractivity contribution in [1.82, 2.24) is 14.5 Å². The predicted octanol–water partition coefficient (Wildman–Crippen LogP) is 1.72. The van der Waals surface area contributed by atoms with Crippen LogP contribution in [0.4, 0.5) is 0 Å². The molecule has 0 aliphatic carbocycles. The van der Waals surface area contributed by atoms with Gasteiger partial charge in [-0.3, -0.25) is 9.59 Å². The van der Waals surface area contributed by atoms with Gasteiger partial charge in [-0.05, 0) is 52.3 Å². The van der Waals surface area contributed by atoms with Gasteiger partial charge < -0.3 is 15.0 Å². The second kappa shape index (κ2) is 9.59. The topological polar surface area (TPSA) is 96.0 Å². The van der Waals surface area contributed by atoms with E-state index < -0.39 is 10.0 Å². The summed E-state index contributed by atoms with van der Waals surface area (Å²) in [5, 5.41) is 2.61. The van der Waals surface area contributed by atoms with E-state index in [2.05, 4.69) is 21.2 Å². The highest BCUT2D eigenvalue weighted by Gasteiger charge is 2.30. The Kier molecular flexibility index (Phi) is 7.11. The van der Waals surface area contributed by atoms with Gasteiger partial charge in [0.05, 0.1) is 24.1 Å². The van der Waals surface area contributed by atoms with E-state index in [1.165, 1.54) is 23.5 Å². The molecule has 0 atom stereocenters. The summed E-state index contributed by atoms with van der Waals surface area (Å²) in [7, 11) is -2.12. The van der Waals surface area contributed by atoms with Crippen LogP contribution in [0.25, 0.3) is 0 Å². The summed E-state index contributed by atoms with van der Waals surface area (Å²) in [6.07, 6.45) is 0. The molecule has 160 valence electrons. The number of piperazine rings is 1. The average Bonchev–Trinajstić information content (AvgIpc) is 2.77. The van der Waals surface area contributed by atoms with E-state index >= 15 is 0 Å². The molecule has 0 unspecified atom stereocenters. The first kappa shape index (κ1) is 22.3. The number of hydrogen-bond acceptors (Lipinski definition) is 5. The minimum Gasteiger partial charge on any atom is -0.497 e. The van der Waals surface area contributed by atoms with E-state index in [9.17, 15) is 18.0 Å². The van der Waals surface area contributed by atoms with Crippen molar-refractivity contribution in [3.8, 4) is 5.75 Å². The molecule has 0 bridgehead atoms. The zero-order chi connectivity index (χ0) is 21.7. The second-order valence-electron chi connectivity index (χ2n) is 6.62. The summed E-state index contributed by atoms with van der Waals surface area (Å²) in [6.45, 7) is 0.764. The number of halogens is 1. The van der Waals surface area contributed by atoms with Crippen LogP contribution < -0.4 is 10.1 Å². The maximum Gasteiger partial charge on any atom is 0.252 e. The fourth-order valence-electron chi connectivity index (χ4n) is 3.08. The molecule has 1 fully saturated rings. The van der Waals surface area contributed by atoms with Crippen molar-refractivity contribution in [2.45, 2.75) is 4.90 Å². The molecule has 3 rings (SSSR count). The van der Waals surface area contributed by atoms with E-state index in [0.29, 0.717) is 15.8 Å². The summed E-state index contributed by atoms with van der Waals surface area (Å²) >= 11 is 3.31. The Labute approximate surface area is 184 Å². The van der Waals surface area contributed by atoms with Gasteiger partial charge in [0.1, 0.15) is 5.75 Å². The molecule has 30 heavy (non-hydrogen) atoms. The number of sulfonamides is 1. The van der Waals surface area contributed by atoms with Crippen LogP contribution >= 0.6 is 15.9 Å². The molecule has 8 nitrogen and oxygen atoms in total. The summed E-state index contributed by atoms with van der Waals surface area (Å²) in [5.74, 6) is -0.0256. The Morgan fingerprint density at radius 2 is 1.67 bits per heavy atom. The number of methoxy groups -OCH3 is 1. The zero-order valence-corrected chi connectivity index (χ0v) is 18.8. The number of carbonyl (C=O) groups excluding carboxylic acids is 2. The summed E-state index contributed by atoms with van der Waals surface area (Å²) in [5.41, 5.74) is 0.445. The van der Waals surface area contributed by atoms with E-state index in [1.54, 1.807) is 41.3 Å². The molecule has 2 aromatic rings. The van der Waals surface area contributed by atoms with E-state index in [1.807, 2.05) is 0 Å². The number of carbonyl (C=O) groups is 2. The van der Waals surface area contributed by atoms with Crippen molar-refractivity contribution in [2.75, 3.05) is 39.8 Å². The SMILES string of the molecule is COc1ccc(S(=O)(=O)N2CCN(C(=O)CNC(=O)c3ccccc3Br)CC2)cc1. The fourth-order valence-corrected chi connectivity index (χ4v) is 4.97. The smallest absolute Gasteiger partial charge is 0.252 e. The molecule has 0 aromatic heterocycles. The molecule has 1 aliphatic rings. The Morgan fingerprint density at radius 1 is 1.03 bits per heavy atom. The summed E-state index contributed by atoms with van der Waals surface area (Å²) < 4.78 is 32.6. The lowest BCUT2D eigenvalue weighted by Gasteiger charge is -2.34. The Morgan fingerprint density at radius 3 is 2.27 bits per heavy atom. The molecular weight excluding hydrogens is 474 g/mol. The first-order chi connectivity index (χ1) is 14.3. The number of nitrogens with zero attached hydrogens (tertiary/aromatic N) is 2. The highest BCUT2D eigenvalue weighted by atomic mass is 79.9. The standard InChI is InChI=1S/C20H22BrN3O5S/c1-29-15-6-8-16(9-7-15)30(27,28)24-12-10-23(11-13-24)19(25)14-22-20(26)17-4-2-3-5-18(17)21/h2-9H,10-14H2,1H3,(H,22,26). The van der Waals surface area contributed by atoms with Crippen molar-refractivity contribution in [2.24, 2.45) is 0 Å². The molecule has 0 radical (unpaired) electrons. The van der Waals surface area contributed by atoms with E-state index in [0.717, 1.165) is 0 Å². The molecule has 10 heteroatoms. The van der Waals surface area contributed by atoms with Crippen LogP contribution in [-0.2, 0) is 14.8 Å². The Bertz CT molecular complexity index is 1020. The van der Waals surface area contributed by atoms with Crippen molar-refractivity contribution in [3.63, 3.8) is 0 Å². The maximum atomic E-state index is 12.8. The molecule has 0 saturated carbocycles. The molecule has 1 N–H and O–H groups in total. The lowest BCUT2D eigenvalue weighted by molar-refractivity contribution is -0.131. The van der Waals surface area contributed by atoms with Gasteiger partial charge in [0.15, 0.2) is 0 Å². The molecule has 1 aliphatic heterocycles. The average molecular weight is 496 g/mol. The third-order valence-electron chi connectivity index (χ3n) is 4.81. The van der Waals surface area contributed by atoms with Gasteiger partial charge in [-0.2, -0.15) is 4.31 Å². The third-order valence-corrected chi connectivity index (χ3v) is 7.41. The maximum absolute atomic E-state index is 12.8. The van der Waals surface area contributed by atoms with Crippen LogP contribution in [0.3, 0.4) is 0 Å². The van der Waals surface area contributed by atoms with Gasteiger partial charge in [0, 0.05) is 30.7 Å². The van der Waals surface area contributed by atoms with Crippen LogP contribution in [0.5, 0.6) is 5.75 Å². The lowest BCUT2D eigenvalue weighted by Crippen LogP contribution is -2.52. The van der Waals surface area contributed by atoms with E-state index in [4.69, 9.17) is 4.74 Å². The largest absolute Gasteiger partial charge is 0.497 e. The summed E-state index contributed by atoms with van der Waals surface area (Å²) in [6, 6.07) is 13.1. The van der Waals surface area contributed by atoms with Gasteiger partial charge in [-0.15, -0.1) is 0 Å². The quantitative estimate of drug-likeness (QED) is 0.657. The monoisotopic (exact) mass is 495 g/mol. The number of ether oxygens (including phenoxy) is 1.